The lowest BCUT2D eigenvalue weighted by Crippen LogP contribution is -2.11. The number of hydrogen-bond donors (Lipinski definition) is 2. The Bertz CT molecular complexity index is 325. The quantitative estimate of drug-likeness (QED) is 0.546. The third-order valence-corrected chi connectivity index (χ3v) is 1.66. The van der Waals surface area contributed by atoms with E-state index in [9.17, 15) is 4.39 Å². The summed E-state index contributed by atoms with van der Waals surface area (Å²) in [6.45, 7) is 0.226. The molecule has 0 spiro atoms. The molecule has 0 unspecified atom stereocenters. The van der Waals surface area contributed by atoms with E-state index in [4.69, 9.17) is 15.9 Å². The Morgan fingerprint density at radius 1 is 1.62 bits per heavy atom. The number of benzene rings is 1. The van der Waals surface area contributed by atoms with Gasteiger partial charge in [-0.1, -0.05) is 12.1 Å². The lowest BCUT2D eigenvalue weighted by atomic mass is 10.1. The average molecular weight is 182 g/mol. The number of ether oxygens (including phenoxy) is 1. The highest BCUT2D eigenvalue weighted by atomic mass is 19.1. The van der Waals surface area contributed by atoms with Crippen LogP contribution in [0.2, 0.25) is 0 Å². The first kappa shape index (κ1) is 9.67. The molecule has 0 saturated carbocycles. The number of nitrogen functional groups attached to an aromatic ring is 1. The number of hydrogen-bond acceptors (Lipinski definition) is 2. The van der Waals surface area contributed by atoms with Crippen molar-refractivity contribution in [3.63, 3.8) is 0 Å². The monoisotopic (exact) mass is 182 g/mol. The van der Waals surface area contributed by atoms with E-state index in [0.29, 0.717) is 11.1 Å². The van der Waals surface area contributed by atoms with Gasteiger partial charge in [0.2, 0.25) is 0 Å². The van der Waals surface area contributed by atoms with E-state index in [-0.39, 0.29) is 12.4 Å². The second kappa shape index (κ2) is 4.00. The van der Waals surface area contributed by atoms with Gasteiger partial charge in [-0.25, -0.2) is 4.39 Å². The van der Waals surface area contributed by atoms with Gasteiger partial charge in [0.1, 0.15) is 11.7 Å². The molecule has 1 aromatic rings. The van der Waals surface area contributed by atoms with Crippen molar-refractivity contribution < 1.29 is 9.13 Å². The summed E-state index contributed by atoms with van der Waals surface area (Å²) < 4.78 is 17.9. The van der Waals surface area contributed by atoms with Crippen LogP contribution in [0.25, 0.3) is 0 Å². The van der Waals surface area contributed by atoms with Crippen LogP contribution in [0.4, 0.5) is 4.39 Å². The molecular formula is C9H11FN2O. The van der Waals surface area contributed by atoms with Gasteiger partial charge in [-0.15, -0.1) is 0 Å². The fraction of sp³-hybridized carbons (Fsp3) is 0.222. The lowest BCUT2D eigenvalue weighted by molar-refractivity contribution is 0.181. The van der Waals surface area contributed by atoms with Gasteiger partial charge in [0.05, 0.1) is 6.61 Å². The summed E-state index contributed by atoms with van der Waals surface area (Å²) in [6, 6.07) is 4.39. The van der Waals surface area contributed by atoms with E-state index in [2.05, 4.69) is 0 Å². The number of halogens is 1. The van der Waals surface area contributed by atoms with Crippen molar-refractivity contribution >= 4 is 5.84 Å². The largest absolute Gasteiger partial charge is 0.384 e. The standard InChI is InChI=1S/C9H11FN2O/c1-13-5-7-3-2-6(9(11)12)4-8(7)10/h2-4H,5H2,1H3,(H3,11,12). The molecule has 70 valence electrons. The van der Waals surface area contributed by atoms with Gasteiger partial charge >= 0.3 is 0 Å². The minimum Gasteiger partial charge on any atom is -0.384 e. The van der Waals surface area contributed by atoms with Crippen LogP contribution in [0, 0.1) is 11.2 Å². The predicted octanol–water partition coefficient (Wildman–Crippen LogP) is 1.26. The maximum absolute atomic E-state index is 13.2. The lowest BCUT2D eigenvalue weighted by Gasteiger charge is -2.03. The van der Waals surface area contributed by atoms with Crippen molar-refractivity contribution in [2.45, 2.75) is 6.61 Å². The molecular weight excluding hydrogens is 171 g/mol. The third-order valence-electron chi connectivity index (χ3n) is 1.66. The Balaban J connectivity index is 2.98. The molecule has 3 nitrogen and oxygen atoms in total. The molecule has 0 aliphatic carbocycles. The minimum atomic E-state index is -0.394. The summed E-state index contributed by atoms with van der Waals surface area (Å²) in [6.07, 6.45) is 0. The molecule has 0 aromatic heterocycles. The van der Waals surface area contributed by atoms with Crippen molar-refractivity contribution in [1.29, 1.82) is 5.41 Å². The molecule has 3 N–H and O–H groups in total. The van der Waals surface area contributed by atoms with Gasteiger partial charge in [-0.2, -0.15) is 0 Å². The SMILES string of the molecule is COCc1ccc(C(=N)N)cc1F. The van der Waals surface area contributed by atoms with Gasteiger partial charge in [0.25, 0.3) is 0 Å². The zero-order valence-corrected chi connectivity index (χ0v) is 7.30. The molecule has 0 aliphatic rings. The first-order chi connectivity index (χ1) is 6.15. The van der Waals surface area contributed by atoms with E-state index in [0.717, 1.165) is 0 Å². The zero-order valence-electron chi connectivity index (χ0n) is 7.30. The third kappa shape index (κ3) is 2.26. The number of rotatable bonds is 3. The van der Waals surface area contributed by atoms with E-state index in [1.807, 2.05) is 0 Å². The molecule has 0 atom stereocenters. The summed E-state index contributed by atoms with van der Waals surface area (Å²) in [5, 5.41) is 7.08. The summed E-state index contributed by atoms with van der Waals surface area (Å²) >= 11 is 0. The topological polar surface area (TPSA) is 59.1 Å². The Kier molecular flexibility index (Phi) is 2.97. The number of nitrogens with two attached hydrogens (primary N) is 1. The molecule has 1 aromatic carbocycles. The van der Waals surface area contributed by atoms with Gasteiger partial charge < -0.3 is 10.5 Å². The van der Waals surface area contributed by atoms with Crippen LogP contribution < -0.4 is 5.73 Å². The molecule has 0 fully saturated rings. The highest BCUT2D eigenvalue weighted by Crippen LogP contribution is 2.10. The zero-order chi connectivity index (χ0) is 9.84. The molecule has 1 rings (SSSR count). The molecule has 0 radical (unpaired) electrons. The molecule has 13 heavy (non-hydrogen) atoms. The molecule has 0 saturated heterocycles. The van der Waals surface area contributed by atoms with Crippen LogP contribution >= 0.6 is 0 Å². The van der Waals surface area contributed by atoms with E-state index in [1.54, 1.807) is 12.1 Å². The molecule has 0 bridgehead atoms. The van der Waals surface area contributed by atoms with Gasteiger partial charge in [-0.05, 0) is 6.07 Å². The van der Waals surface area contributed by atoms with Crippen LogP contribution in [-0.4, -0.2) is 12.9 Å². The fourth-order valence-corrected chi connectivity index (χ4v) is 0.987. The molecule has 0 aliphatic heterocycles. The normalized spacial score (nSPS) is 10.0. The Labute approximate surface area is 75.8 Å². The fourth-order valence-electron chi connectivity index (χ4n) is 0.987. The summed E-state index contributed by atoms with van der Waals surface area (Å²) in [7, 11) is 1.50. The first-order valence-electron chi connectivity index (χ1n) is 3.77. The van der Waals surface area contributed by atoms with Crippen molar-refractivity contribution in [3.8, 4) is 0 Å². The van der Waals surface area contributed by atoms with Crippen molar-refractivity contribution in [2.75, 3.05) is 7.11 Å². The molecule has 4 heteroatoms. The Hall–Kier alpha value is -1.42. The van der Waals surface area contributed by atoms with Crippen molar-refractivity contribution in [1.82, 2.24) is 0 Å². The molecule has 0 heterocycles. The van der Waals surface area contributed by atoms with Gasteiger partial charge in [0.15, 0.2) is 0 Å². The van der Waals surface area contributed by atoms with Gasteiger partial charge in [-0.3, -0.25) is 5.41 Å². The second-order valence-corrected chi connectivity index (χ2v) is 2.65. The summed E-state index contributed by atoms with van der Waals surface area (Å²) in [5.41, 5.74) is 6.04. The highest BCUT2D eigenvalue weighted by Gasteiger charge is 2.04. The first-order valence-corrected chi connectivity index (χ1v) is 3.77. The Morgan fingerprint density at radius 3 is 2.77 bits per heavy atom. The number of nitrogens with one attached hydrogen (secondary N) is 1. The summed E-state index contributed by atoms with van der Waals surface area (Å²) in [4.78, 5) is 0. The summed E-state index contributed by atoms with van der Waals surface area (Å²) in [5.74, 6) is -0.530. The highest BCUT2D eigenvalue weighted by molar-refractivity contribution is 5.94. The van der Waals surface area contributed by atoms with Crippen LogP contribution in [0.3, 0.4) is 0 Å². The van der Waals surface area contributed by atoms with E-state index in [1.165, 1.54) is 13.2 Å². The second-order valence-electron chi connectivity index (χ2n) is 2.65. The average Bonchev–Trinajstić information content (AvgIpc) is 2.08. The predicted molar refractivity (Wildman–Crippen MR) is 48.1 cm³/mol. The van der Waals surface area contributed by atoms with Crippen molar-refractivity contribution in [3.05, 3.63) is 35.1 Å². The van der Waals surface area contributed by atoms with Crippen LogP contribution in [-0.2, 0) is 11.3 Å². The smallest absolute Gasteiger partial charge is 0.129 e. The minimum absolute atomic E-state index is 0.136. The van der Waals surface area contributed by atoms with Crippen molar-refractivity contribution in [2.24, 2.45) is 5.73 Å². The Morgan fingerprint density at radius 2 is 2.31 bits per heavy atom. The van der Waals surface area contributed by atoms with Crippen LogP contribution in [0.5, 0.6) is 0 Å². The van der Waals surface area contributed by atoms with Crippen LogP contribution in [0.1, 0.15) is 11.1 Å². The maximum atomic E-state index is 13.2. The van der Waals surface area contributed by atoms with Gasteiger partial charge in [0, 0.05) is 18.2 Å². The van der Waals surface area contributed by atoms with Crippen LogP contribution in [0.15, 0.2) is 18.2 Å². The molecule has 0 amide bonds. The van der Waals surface area contributed by atoms with E-state index < -0.39 is 5.82 Å². The maximum Gasteiger partial charge on any atom is 0.129 e. The number of methoxy groups -OCH3 is 1. The van der Waals surface area contributed by atoms with E-state index >= 15 is 0 Å². The number of amidine groups is 1.